The van der Waals surface area contributed by atoms with Gasteiger partial charge in [-0.2, -0.15) is 0 Å². The summed E-state index contributed by atoms with van der Waals surface area (Å²) in [5.74, 6) is 1.56. The average Bonchev–Trinajstić information content (AvgIpc) is 2.27. The van der Waals surface area contributed by atoms with Gasteiger partial charge in [0.05, 0.1) is 14.2 Å². The van der Waals surface area contributed by atoms with Gasteiger partial charge in [0.15, 0.2) is 0 Å². The first-order chi connectivity index (χ1) is 6.71. The van der Waals surface area contributed by atoms with Gasteiger partial charge in [-0.1, -0.05) is 6.92 Å². The molecule has 1 aromatic carbocycles. The van der Waals surface area contributed by atoms with Crippen LogP contribution in [0.5, 0.6) is 11.5 Å². The third-order valence-electron chi connectivity index (χ3n) is 2.24. The van der Waals surface area contributed by atoms with Crippen molar-refractivity contribution in [3.05, 3.63) is 23.8 Å². The molecule has 0 fully saturated rings. The van der Waals surface area contributed by atoms with Crippen LogP contribution in [0.15, 0.2) is 18.2 Å². The number of hydrogen-bond acceptors (Lipinski definition) is 3. The van der Waals surface area contributed by atoms with Crippen molar-refractivity contribution in [1.29, 1.82) is 0 Å². The molecule has 0 radical (unpaired) electrons. The Kier molecular flexibility index (Phi) is 3.77. The molecular weight excluding hydrogens is 178 g/mol. The van der Waals surface area contributed by atoms with E-state index in [0.717, 1.165) is 23.5 Å². The zero-order valence-corrected chi connectivity index (χ0v) is 8.91. The van der Waals surface area contributed by atoms with Crippen LogP contribution in [-0.4, -0.2) is 14.2 Å². The quantitative estimate of drug-likeness (QED) is 0.800. The standard InChI is InChI=1S/C11H17NO2/c1-4-11(12)8-5-9(13-2)7-10(6-8)14-3/h5-7,11H,4,12H2,1-3H3. The molecule has 3 nitrogen and oxygen atoms in total. The molecular formula is C11H17NO2. The fourth-order valence-corrected chi connectivity index (χ4v) is 1.28. The first-order valence-electron chi connectivity index (χ1n) is 4.69. The van der Waals surface area contributed by atoms with Crippen molar-refractivity contribution in [3.8, 4) is 11.5 Å². The van der Waals surface area contributed by atoms with Crippen molar-refractivity contribution in [2.45, 2.75) is 19.4 Å². The molecule has 0 heterocycles. The zero-order valence-electron chi connectivity index (χ0n) is 8.91. The van der Waals surface area contributed by atoms with Gasteiger partial charge >= 0.3 is 0 Å². The minimum atomic E-state index is 0.0407. The van der Waals surface area contributed by atoms with Crippen LogP contribution >= 0.6 is 0 Å². The lowest BCUT2D eigenvalue weighted by Gasteiger charge is -2.12. The smallest absolute Gasteiger partial charge is 0.122 e. The van der Waals surface area contributed by atoms with Crippen LogP contribution in [0.25, 0.3) is 0 Å². The molecule has 78 valence electrons. The van der Waals surface area contributed by atoms with Crippen molar-refractivity contribution in [2.24, 2.45) is 5.73 Å². The van der Waals surface area contributed by atoms with Crippen LogP contribution in [0.4, 0.5) is 0 Å². The molecule has 0 saturated heterocycles. The Labute approximate surface area is 84.8 Å². The number of rotatable bonds is 4. The minimum absolute atomic E-state index is 0.0407. The monoisotopic (exact) mass is 195 g/mol. The Morgan fingerprint density at radius 3 is 2.00 bits per heavy atom. The molecule has 1 rings (SSSR count). The predicted molar refractivity (Wildman–Crippen MR) is 56.8 cm³/mol. The highest BCUT2D eigenvalue weighted by atomic mass is 16.5. The van der Waals surface area contributed by atoms with Crippen LogP contribution in [0.1, 0.15) is 24.9 Å². The van der Waals surface area contributed by atoms with Crippen LogP contribution < -0.4 is 15.2 Å². The highest BCUT2D eigenvalue weighted by Crippen LogP contribution is 2.26. The number of methoxy groups -OCH3 is 2. The van der Waals surface area contributed by atoms with Crippen LogP contribution in [0.2, 0.25) is 0 Å². The van der Waals surface area contributed by atoms with Gasteiger partial charge in [-0.3, -0.25) is 0 Å². The number of hydrogen-bond donors (Lipinski definition) is 1. The summed E-state index contributed by atoms with van der Waals surface area (Å²) in [6.45, 7) is 2.05. The summed E-state index contributed by atoms with van der Waals surface area (Å²) < 4.78 is 10.3. The van der Waals surface area contributed by atoms with Crippen molar-refractivity contribution >= 4 is 0 Å². The van der Waals surface area contributed by atoms with Gasteiger partial charge < -0.3 is 15.2 Å². The summed E-state index contributed by atoms with van der Waals surface area (Å²) in [6.07, 6.45) is 0.899. The summed E-state index contributed by atoms with van der Waals surface area (Å²) in [5.41, 5.74) is 6.98. The van der Waals surface area contributed by atoms with E-state index in [1.165, 1.54) is 0 Å². The van der Waals surface area contributed by atoms with Gasteiger partial charge in [0.1, 0.15) is 11.5 Å². The summed E-state index contributed by atoms with van der Waals surface area (Å²) in [7, 11) is 3.27. The van der Waals surface area contributed by atoms with Gasteiger partial charge in [-0.05, 0) is 24.1 Å². The van der Waals surface area contributed by atoms with E-state index < -0.39 is 0 Å². The Balaban J connectivity index is 3.04. The van der Waals surface area contributed by atoms with Crippen LogP contribution in [-0.2, 0) is 0 Å². The van der Waals surface area contributed by atoms with Crippen molar-refractivity contribution < 1.29 is 9.47 Å². The number of ether oxygens (including phenoxy) is 2. The molecule has 0 aliphatic rings. The van der Waals surface area contributed by atoms with E-state index in [1.807, 2.05) is 18.2 Å². The summed E-state index contributed by atoms with van der Waals surface area (Å²) >= 11 is 0. The minimum Gasteiger partial charge on any atom is -0.497 e. The molecule has 1 atom stereocenters. The Hall–Kier alpha value is -1.22. The van der Waals surface area contributed by atoms with E-state index in [4.69, 9.17) is 15.2 Å². The van der Waals surface area contributed by atoms with Crippen molar-refractivity contribution in [2.75, 3.05) is 14.2 Å². The number of nitrogens with two attached hydrogens (primary N) is 1. The lowest BCUT2D eigenvalue weighted by molar-refractivity contribution is 0.392. The third kappa shape index (κ3) is 2.39. The second-order valence-corrected chi connectivity index (χ2v) is 3.16. The van der Waals surface area contributed by atoms with E-state index in [1.54, 1.807) is 14.2 Å². The summed E-state index contributed by atoms with van der Waals surface area (Å²) in [5, 5.41) is 0. The molecule has 3 heteroatoms. The second-order valence-electron chi connectivity index (χ2n) is 3.16. The molecule has 0 aliphatic heterocycles. The fourth-order valence-electron chi connectivity index (χ4n) is 1.28. The third-order valence-corrected chi connectivity index (χ3v) is 2.24. The maximum Gasteiger partial charge on any atom is 0.122 e. The normalized spacial score (nSPS) is 12.3. The molecule has 0 amide bonds. The summed E-state index contributed by atoms with van der Waals surface area (Å²) in [4.78, 5) is 0. The van der Waals surface area contributed by atoms with E-state index in [9.17, 15) is 0 Å². The molecule has 1 unspecified atom stereocenters. The molecule has 14 heavy (non-hydrogen) atoms. The fraction of sp³-hybridized carbons (Fsp3) is 0.455. The SMILES string of the molecule is CCC(N)c1cc(OC)cc(OC)c1. The second kappa shape index (κ2) is 4.86. The lowest BCUT2D eigenvalue weighted by atomic mass is 10.0. The first-order valence-corrected chi connectivity index (χ1v) is 4.69. The van der Waals surface area contributed by atoms with Crippen LogP contribution in [0.3, 0.4) is 0 Å². The molecule has 0 spiro atoms. The molecule has 0 saturated carbocycles. The summed E-state index contributed by atoms with van der Waals surface area (Å²) in [6, 6.07) is 5.76. The van der Waals surface area contributed by atoms with E-state index >= 15 is 0 Å². The van der Waals surface area contributed by atoms with Gasteiger partial charge in [0.2, 0.25) is 0 Å². The predicted octanol–water partition coefficient (Wildman–Crippen LogP) is 2.11. The van der Waals surface area contributed by atoms with Crippen LogP contribution in [0, 0.1) is 0 Å². The molecule has 2 N–H and O–H groups in total. The highest BCUT2D eigenvalue weighted by molar-refractivity contribution is 5.39. The van der Waals surface area contributed by atoms with Gasteiger partial charge in [0.25, 0.3) is 0 Å². The lowest BCUT2D eigenvalue weighted by Crippen LogP contribution is -2.08. The number of benzene rings is 1. The van der Waals surface area contributed by atoms with E-state index in [0.29, 0.717) is 0 Å². The largest absolute Gasteiger partial charge is 0.497 e. The average molecular weight is 195 g/mol. The van der Waals surface area contributed by atoms with Crippen molar-refractivity contribution in [3.63, 3.8) is 0 Å². The van der Waals surface area contributed by atoms with Gasteiger partial charge in [-0.15, -0.1) is 0 Å². The first kappa shape index (κ1) is 10.9. The molecule has 0 bridgehead atoms. The van der Waals surface area contributed by atoms with Crippen molar-refractivity contribution in [1.82, 2.24) is 0 Å². The van der Waals surface area contributed by atoms with Gasteiger partial charge in [0, 0.05) is 12.1 Å². The van der Waals surface area contributed by atoms with E-state index in [-0.39, 0.29) is 6.04 Å². The Morgan fingerprint density at radius 1 is 1.14 bits per heavy atom. The molecule has 0 aliphatic carbocycles. The zero-order chi connectivity index (χ0) is 10.6. The maximum atomic E-state index is 5.93. The topological polar surface area (TPSA) is 44.5 Å². The van der Waals surface area contributed by atoms with Gasteiger partial charge in [-0.25, -0.2) is 0 Å². The highest BCUT2D eigenvalue weighted by Gasteiger charge is 2.07. The maximum absolute atomic E-state index is 5.93. The molecule has 0 aromatic heterocycles. The van der Waals surface area contributed by atoms with E-state index in [2.05, 4.69) is 6.92 Å². The Bertz CT molecular complexity index is 277. The molecule has 1 aromatic rings. The Morgan fingerprint density at radius 2 is 1.64 bits per heavy atom.